The van der Waals surface area contributed by atoms with Crippen LogP contribution >= 0.6 is 15.9 Å². The van der Waals surface area contributed by atoms with Crippen LogP contribution in [0.5, 0.6) is 0 Å². The van der Waals surface area contributed by atoms with Crippen LogP contribution in [-0.2, 0) is 11.3 Å². The highest BCUT2D eigenvalue weighted by atomic mass is 79.9. The van der Waals surface area contributed by atoms with Crippen molar-refractivity contribution in [2.24, 2.45) is 0 Å². The Morgan fingerprint density at radius 2 is 2.50 bits per heavy atom. The van der Waals surface area contributed by atoms with Crippen LogP contribution in [0, 0.1) is 6.92 Å². The first-order valence-electron chi connectivity index (χ1n) is 3.52. The van der Waals surface area contributed by atoms with E-state index in [2.05, 4.69) is 26.2 Å². The summed E-state index contributed by atoms with van der Waals surface area (Å²) in [6.45, 7) is 2.44. The molecule has 1 heterocycles. The Labute approximate surface area is 79.3 Å². The molecule has 12 heavy (non-hydrogen) atoms. The molecule has 1 aromatic heterocycles. The second-order valence-corrected chi connectivity index (χ2v) is 3.31. The van der Waals surface area contributed by atoms with Crippen molar-refractivity contribution in [3.8, 4) is 0 Å². The van der Waals surface area contributed by atoms with Gasteiger partial charge < -0.3 is 5.32 Å². The van der Waals surface area contributed by atoms with Gasteiger partial charge >= 0.3 is 0 Å². The van der Waals surface area contributed by atoms with E-state index in [9.17, 15) is 4.79 Å². The van der Waals surface area contributed by atoms with Crippen molar-refractivity contribution in [2.75, 3.05) is 0 Å². The standard InChI is InChI=1S/C8H9BrN2O/c1-6-7(3-10-5-12)2-8(9)4-11-6/h2,4-5H,3H2,1H3,(H,10,12). The van der Waals surface area contributed by atoms with E-state index in [0.717, 1.165) is 15.7 Å². The van der Waals surface area contributed by atoms with E-state index in [1.165, 1.54) is 0 Å². The van der Waals surface area contributed by atoms with Gasteiger partial charge in [-0.05, 0) is 34.5 Å². The van der Waals surface area contributed by atoms with Crippen LogP contribution in [0.3, 0.4) is 0 Å². The summed E-state index contributed by atoms with van der Waals surface area (Å²) in [5, 5.41) is 2.59. The Morgan fingerprint density at radius 3 is 3.17 bits per heavy atom. The first-order chi connectivity index (χ1) is 5.74. The molecule has 0 atom stereocenters. The number of aryl methyl sites for hydroxylation is 1. The second kappa shape index (κ2) is 4.21. The van der Waals surface area contributed by atoms with Crippen molar-refractivity contribution in [1.82, 2.24) is 10.3 Å². The SMILES string of the molecule is Cc1ncc(Br)cc1CNC=O. The van der Waals surface area contributed by atoms with Gasteiger partial charge in [0.1, 0.15) is 0 Å². The largest absolute Gasteiger partial charge is 0.355 e. The number of pyridine rings is 1. The number of hydrogen-bond donors (Lipinski definition) is 1. The van der Waals surface area contributed by atoms with E-state index in [-0.39, 0.29) is 0 Å². The van der Waals surface area contributed by atoms with Gasteiger partial charge in [-0.15, -0.1) is 0 Å². The highest BCUT2D eigenvalue weighted by Crippen LogP contribution is 2.12. The summed E-state index contributed by atoms with van der Waals surface area (Å²) >= 11 is 3.31. The van der Waals surface area contributed by atoms with Crippen molar-refractivity contribution in [1.29, 1.82) is 0 Å². The molecule has 3 nitrogen and oxygen atoms in total. The van der Waals surface area contributed by atoms with Crippen LogP contribution < -0.4 is 5.32 Å². The first-order valence-corrected chi connectivity index (χ1v) is 4.31. The summed E-state index contributed by atoms with van der Waals surface area (Å²) < 4.78 is 0.927. The molecule has 1 amide bonds. The van der Waals surface area contributed by atoms with Crippen molar-refractivity contribution in [3.63, 3.8) is 0 Å². The van der Waals surface area contributed by atoms with Crippen LogP contribution in [0.4, 0.5) is 0 Å². The molecule has 0 spiro atoms. The summed E-state index contributed by atoms with van der Waals surface area (Å²) in [5.74, 6) is 0. The van der Waals surface area contributed by atoms with Crippen molar-refractivity contribution in [3.05, 3.63) is 28.0 Å². The molecule has 0 aromatic carbocycles. The van der Waals surface area contributed by atoms with E-state index in [4.69, 9.17) is 0 Å². The predicted molar refractivity (Wildman–Crippen MR) is 49.6 cm³/mol. The Balaban J connectivity index is 2.82. The monoisotopic (exact) mass is 228 g/mol. The normalized spacial score (nSPS) is 9.50. The van der Waals surface area contributed by atoms with Gasteiger partial charge in [0.05, 0.1) is 0 Å². The molecule has 0 aliphatic rings. The number of hydrogen-bond acceptors (Lipinski definition) is 2. The van der Waals surface area contributed by atoms with Crippen LogP contribution in [0.15, 0.2) is 16.7 Å². The van der Waals surface area contributed by atoms with E-state index >= 15 is 0 Å². The van der Waals surface area contributed by atoms with Gasteiger partial charge in [0.15, 0.2) is 0 Å². The molecule has 1 rings (SSSR count). The predicted octanol–water partition coefficient (Wildman–Crippen LogP) is 1.40. The van der Waals surface area contributed by atoms with E-state index < -0.39 is 0 Å². The van der Waals surface area contributed by atoms with Gasteiger partial charge in [-0.3, -0.25) is 9.78 Å². The quantitative estimate of drug-likeness (QED) is 0.796. The van der Waals surface area contributed by atoms with Crippen LogP contribution in [-0.4, -0.2) is 11.4 Å². The van der Waals surface area contributed by atoms with E-state index in [0.29, 0.717) is 13.0 Å². The maximum Gasteiger partial charge on any atom is 0.207 e. The summed E-state index contributed by atoms with van der Waals surface area (Å²) in [5.41, 5.74) is 1.96. The number of aromatic nitrogens is 1. The van der Waals surface area contributed by atoms with E-state index in [1.54, 1.807) is 6.20 Å². The van der Waals surface area contributed by atoms with Crippen molar-refractivity contribution in [2.45, 2.75) is 13.5 Å². The van der Waals surface area contributed by atoms with Crippen LogP contribution in [0.1, 0.15) is 11.3 Å². The van der Waals surface area contributed by atoms with Crippen LogP contribution in [0.25, 0.3) is 0 Å². The van der Waals surface area contributed by atoms with Gasteiger partial charge in [-0.25, -0.2) is 0 Å². The molecule has 0 fully saturated rings. The number of nitrogens with zero attached hydrogens (tertiary/aromatic N) is 1. The molecule has 64 valence electrons. The number of amides is 1. The third kappa shape index (κ3) is 2.30. The average molecular weight is 229 g/mol. The fourth-order valence-electron chi connectivity index (χ4n) is 0.880. The lowest BCUT2D eigenvalue weighted by molar-refractivity contribution is -0.109. The lowest BCUT2D eigenvalue weighted by Crippen LogP contribution is -2.11. The minimum atomic E-state index is 0.530. The lowest BCUT2D eigenvalue weighted by Gasteiger charge is -2.03. The smallest absolute Gasteiger partial charge is 0.207 e. The minimum absolute atomic E-state index is 0.530. The molecule has 0 radical (unpaired) electrons. The van der Waals surface area contributed by atoms with Gasteiger partial charge in [0.2, 0.25) is 6.41 Å². The van der Waals surface area contributed by atoms with Gasteiger partial charge in [-0.2, -0.15) is 0 Å². The lowest BCUT2D eigenvalue weighted by atomic mass is 10.2. The molecule has 0 saturated carbocycles. The molecule has 0 saturated heterocycles. The highest BCUT2D eigenvalue weighted by molar-refractivity contribution is 9.10. The molecule has 0 bridgehead atoms. The summed E-state index contributed by atoms with van der Waals surface area (Å²) in [6, 6.07) is 1.94. The Hall–Kier alpha value is -0.900. The topological polar surface area (TPSA) is 42.0 Å². The fraction of sp³-hybridized carbons (Fsp3) is 0.250. The maximum absolute atomic E-state index is 10.0. The molecule has 4 heteroatoms. The molecule has 1 aromatic rings. The molecular formula is C8H9BrN2O. The zero-order valence-electron chi connectivity index (χ0n) is 6.67. The van der Waals surface area contributed by atoms with Crippen molar-refractivity contribution >= 4 is 22.3 Å². The number of carbonyl (C=O) groups is 1. The third-order valence-electron chi connectivity index (χ3n) is 1.53. The van der Waals surface area contributed by atoms with E-state index in [1.807, 2.05) is 13.0 Å². The highest BCUT2D eigenvalue weighted by Gasteiger charge is 1.98. The number of carbonyl (C=O) groups excluding carboxylic acids is 1. The summed E-state index contributed by atoms with van der Waals surface area (Å²) in [6.07, 6.45) is 2.42. The van der Waals surface area contributed by atoms with Gasteiger partial charge in [0.25, 0.3) is 0 Å². The number of nitrogens with one attached hydrogen (secondary N) is 1. The zero-order valence-corrected chi connectivity index (χ0v) is 8.26. The Kier molecular flexibility index (Phi) is 3.22. The zero-order chi connectivity index (χ0) is 8.97. The fourth-order valence-corrected chi connectivity index (χ4v) is 1.26. The molecule has 0 unspecified atom stereocenters. The van der Waals surface area contributed by atoms with Crippen molar-refractivity contribution < 1.29 is 4.79 Å². The van der Waals surface area contributed by atoms with Crippen LogP contribution in [0.2, 0.25) is 0 Å². The minimum Gasteiger partial charge on any atom is -0.355 e. The second-order valence-electron chi connectivity index (χ2n) is 2.40. The van der Waals surface area contributed by atoms with Gasteiger partial charge in [-0.1, -0.05) is 0 Å². The Morgan fingerprint density at radius 1 is 1.75 bits per heavy atom. The average Bonchev–Trinajstić information content (AvgIpc) is 2.07. The molecular weight excluding hydrogens is 220 g/mol. The molecule has 1 N–H and O–H groups in total. The molecule has 0 aliphatic heterocycles. The first kappa shape index (κ1) is 9.19. The summed E-state index contributed by atoms with van der Waals surface area (Å²) in [4.78, 5) is 14.2. The van der Waals surface area contributed by atoms with Gasteiger partial charge in [0, 0.05) is 22.9 Å². The Bertz CT molecular complexity index is 288. The summed E-state index contributed by atoms with van der Waals surface area (Å²) in [7, 11) is 0. The number of rotatable bonds is 3. The maximum atomic E-state index is 10.0. The number of halogens is 1. The third-order valence-corrected chi connectivity index (χ3v) is 1.97. The molecule has 0 aliphatic carbocycles.